The SMILES string of the molecule is Cn1ccc(-c2ccc3c(c2)CCC(NC(=O)c2nnc(Cc4ccccc4)[nH]2)C(=O)N3)n1. The second-order valence-electron chi connectivity index (χ2n) is 8.08. The average Bonchev–Trinajstić information content (AvgIpc) is 3.43. The molecule has 0 spiro atoms. The van der Waals surface area contributed by atoms with Crippen molar-refractivity contribution in [3.63, 3.8) is 0 Å². The molecule has 2 amide bonds. The Morgan fingerprint density at radius 1 is 1.15 bits per heavy atom. The Morgan fingerprint density at radius 3 is 2.79 bits per heavy atom. The van der Waals surface area contributed by atoms with Gasteiger partial charge in [-0.3, -0.25) is 14.3 Å². The first-order valence-corrected chi connectivity index (χ1v) is 10.8. The number of fused-ring (bicyclic) bond motifs is 1. The van der Waals surface area contributed by atoms with Gasteiger partial charge in [0, 0.05) is 30.9 Å². The molecule has 0 saturated carbocycles. The highest BCUT2D eigenvalue weighted by atomic mass is 16.2. The summed E-state index contributed by atoms with van der Waals surface area (Å²) in [7, 11) is 1.87. The Balaban J connectivity index is 1.26. The summed E-state index contributed by atoms with van der Waals surface area (Å²) in [6, 6.07) is 16.9. The third kappa shape index (κ3) is 4.52. The first-order chi connectivity index (χ1) is 16.0. The molecule has 1 atom stereocenters. The first kappa shape index (κ1) is 20.6. The van der Waals surface area contributed by atoms with Crippen LogP contribution in [-0.4, -0.2) is 42.8 Å². The molecule has 0 fully saturated rings. The molecule has 0 bridgehead atoms. The summed E-state index contributed by atoms with van der Waals surface area (Å²) in [5.41, 5.74) is 4.68. The molecule has 1 aliphatic heterocycles. The van der Waals surface area contributed by atoms with Crippen molar-refractivity contribution in [1.29, 1.82) is 0 Å². The molecule has 9 nitrogen and oxygen atoms in total. The van der Waals surface area contributed by atoms with Crippen molar-refractivity contribution in [2.45, 2.75) is 25.3 Å². The first-order valence-electron chi connectivity index (χ1n) is 10.8. The van der Waals surface area contributed by atoms with Gasteiger partial charge in [-0.1, -0.05) is 36.4 Å². The minimum atomic E-state index is -0.675. The van der Waals surface area contributed by atoms with Gasteiger partial charge in [-0.15, -0.1) is 10.2 Å². The maximum atomic E-state index is 12.8. The average molecular weight is 441 g/mol. The predicted octanol–water partition coefficient (Wildman–Crippen LogP) is 2.48. The Hall–Kier alpha value is -4.27. The molecule has 2 aromatic carbocycles. The third-order valence-corrected chi connectivity index (χ3v) is 5.66. The zero-order valence-electron chi connectivity index (χ0n) is 18.1. The fraction of sp³-hybridized carbons (Fsp3) is 0.208. The van der Waals surface area contributed by atoms with Gasteiger partial charge in [-0.2, -0.15) is 5.10 Å². The highest BCUT2D eigenvalue weighted by molar-refractivity contribution is 6.00. The third-order valence-electron chi connectivity index (χ3n) is 5.66. The van der Waals surface area contributed by atoms with E-state index in [1.165, 1.54) is 0 Å². The molecule has 1 aliphatic rings. The van der Waals surface area contributed by atoms with Gasteiger partial charge in [0.1, 0.15) is 11.9 Å². The number of benzene rings is 2. The summed E-state index contributed by atoms with van der Waals surface area (Å²) in [5, 5.41) is 18.2. The van der Waals surface area contributed by atoms with Crippen molar-refractivity contribution in [2.75, 3.05) is 5.32 Å². The van der Waals surface area contributed by atoms with Crippen LogP contribution in [0, 0.1) is 0 Å². The second kappa shape index (κ2) is 8.70. The van der Waals surface area contributed by atoms with Crippen LogP contribution < -0.4 is 10.6 Å². The predicted molar refractivity (Wildman–Crippen MR) is 122 cm³/mol. The van der Waals surface area contributed by atoms with Crippen molar-refractivity contribution in [1.82, 2.24) is 30.3 Å². The van der Waals surface area contributed by atoms with E-state index in [1.807, 2.05) is 67.8 Å². The van der Waals surface area contributed by atoms with Crippen LogP contribution in [-0.2, 0) is 24.7 Å². The van der Waals surface area contributed by atoms with E-state index >= 15 is 0 Å². The summed E-state index contributed by atoms with van der Waals surface area (Å²) >= 11 is 0. The summed E-state index contributed by atoms with van der Waals surface area (Å²) in [6.45, 7) is 0. The number of hydrogen-bond acceptors (Lipinski definition) is 5. The fourth-order valence-electron chi connectivity index (χ4n) is 3.93. The highest BCUT2D eigenvalue weighted by Gasteiger charge is 2.27. The van der Waals surface area contributed by atoms with E-state index < -0.39 is 11.9 Å². The van der Waals surface area contributed by atoms with Crippen molar-refractivity contribution in [3.8, 4) is 11.3 Å². The Bertz CT molecular complexity index is 1310. The molecule has 0 aliphatic carbocycles. The van der Waals surface area contributed by atoms with Gasteiger partial charge in [0.2, 0.25) is 11.7 Å². The molecule has 33 heavy (non-hydrogen) atoms. The maximum absolute atomic E-state index is 12.8. The molecular weight excluding hydrogens is 418 g/mol. The number of anilines is 1. The van der Waals surface area contributed by atoms with Crippen molar-refractivity contribution < 1.29 is 9.59 Å². The van der Waals surface area contributed by atoms with E-state index in [2.05, 4.69) is 30.9 Å². The van der Waals surface area contributed by atoms with Crippen LogP contribution in [0.5, 0.6) is 0 Å². The molecule has 166 valence electrons. The van der Waals surface area contributed by atoms with Gasteiger partial charge in [-0.05, 0) is 42.2 Å². The van der Waals surface area contributed by atoms with Crippen molar-refractivity contribution >= 4 is 17.5 Å². The lowest BCUT2D eigenvalue weighted by Gasteiger charge is -2.14. The molecule has 4 aromatic rings. The topological polar surface area (TPSA) is 118 Å². The number of rotatable bonds is 5. The number of aryl methyl sites for hydroxylation is 2. The number of aromatic nitrogens is 5. The van der Waals surface area contributed by atoms with Gasteiger partial charge >= 0.3 is 0 Å². The van der Waals surface area contributed by atoms with Crippen LogP contribution in [0.4, 0.5) is 5.69 Å². The van der Waals surface area contributed by atoms with E-state index in [9.17, 15) is 9.59 Å². The van der Waals surface area contributed by atoms with E-state index in [4.69, 9.17) is 0 Å². The largest absolute Gasteiger partial charge is 0.337 e. The summed E-state index contributed by atoms with van der Waals surface area (Å²) in [5.74, 6) is -0.0298. The number of nitrogens with one attached hydrogen (secondary N) is 3. The Labute approximate surface area is 190 Å². The number of aromatic amines is 1. The highest BCUT2D eigenvalue weighted by Crippen LogP contribution is 2.27. The lowest BCUT2D eigenvalue weighted by molar-refractivity contribution is -0.118. The number of carbonyl (C=O) groups excluding carboxylic acids is 2. The molecule has 3 heterocycles. The molecule has 5 rings (SSSR count). The van der Waals surface area contributed by atoms with Gasteiger partial charge in [0.15, 0.2) is 0 Å². The van der Waals surface area contributed by atoms with Crippen LogP contribution in [0.15, 0.2) is 60.8 Å². The number of H-pyrrole nitrogens is 1. The Kier molecular flexibility index (Phi) is 5.43. The molecule has 0 saturated heterocycles. The zero-order valence-corrected chi connectivity index (χ0v) is 18.1. The Morgan fingerprint density at radius 2 is 2.00 bits per heavy atom. The van der Waals surface area contributed by atoms with Gasteiger partial charge < -0.3 is 15.6 Å². The summed E-state index contributed by atoms with van der Waals surface area (Å²) in [4.78, 5) is 28.4. The number of nitrogens with zero attached hydrogens (tertiary/aromatic N) is 4. The van der Waals surface area contributed by atoms with Crippen molar-refractivity contribution in [2.24, 2.45) is 7.05 Å². The molecule has 2 aromatic heterocycles. The number of hydrogen-bond donors (Lipinski definition) is 3. The monoisotopic (exact) mass is 441 g/mol. The van der Waals surface area contributed by atoms with Crippen LogP contribution in [0.1, 0.15) is 34.0 Å². The summed E-state index contributed by atoms with van der Waals surface area (Å²) < 4.78 is 1.75. The number of carbonyl (C=O) groups is 2. The lowest BCUT2D eigenvalue weighted by atomic mass is 10.0. The van der Waals surface area contributed by atoms with Gasteiger partial charge in [0.25, 0.3) is 5.91 Å². The quantitative estimate of drug-likeness (QED) is 0.440. The minimum Gasteiger partial charge on any atom is -0.337 e. The summed E-state index contributed by atoms with van der Waals surface area (Å²) in [6.07, 6.45) is 3.54. The normalized spacial score (nSPS) is 15.4. The standard InChI is InChI=1S/C24H23N7O2/c1-31-12-11-19(30-31)17-7-9-18-16(14-17)8-10-20(23(32)25-18)26-24(33)22-27-21(28-29-22)13-15-5-3-2-4-6-15/h2-7,9,11-12,14,20H,8,10,13H2,1H3,(H,25,32)(H,26,33)(H,27,28,29). The maximum Gasteiger partial charge on any atom is 0.289 e. The second-order valence-corrected chi connectivity index (χ2v) is 8.08. The van der Waals surface area contributed by atoms with E-state index in [0.717, 1.165) is 28.1 Å². The molecule has 0 radical (unpaired) electrons. The minimum absolute atomic E-state index is 0.0907. The van der Waals surface area contributed by atoms with Crippen LogP contribution in [0.25, 0.3) is 11.3 Å². The molecule has 9 heteroatoms. The van der Waals surface area contributed by atoms with Crippen LogP contribution in [0.2, 0.25) is 0 Å². The van der Waals surface area contributed by atoms with Gasteiger partial charge in [0.05, 0.1) is 5.69 Å². The zero-order chi connectivity index (χ0) is 22.8. The van der Waals surface area contributed by atoms with Crippen LogP contribution >= 0.6 is 0 Å². The van der Waals surface area contributed by atoms with E-state index in [1.54, 1.807) is 4.68 Å². The molecule has 3 N–H and O–H groups in total. The van der Waals surface area contributed by atoms with Crippen LogP contribution in [0.3, 0.4) is 0 Å². The molecule has 1 unspecified atom stereocenters. The van der Waals surface area contributed by atoms with E-state index in [0.29, 0.717) is 25.1 Å². The van der Waals surface area contributed by atoms with Gasteiger partial charge in [-0.25, -0.2) is 0 Å². The van der Waals surface area contributed by atoms with Crippen molar-refractivity contribution in [3.05, 3.63) is 83.6 Å². The smallest absolute Gasteiger partial charge is 0.289 e. The van der Waals surface area contributed by atoms with E-state index in [-0.39, 0.29) is 11.7 Å². The lowest BCUT2D eigenvalue weighted by Crippen LogP contribution is -2.43. The molecular formula is C24H23N7O2. The number of amides is 2. The fourth-order valence-corrected chi connectivity index (χ4v) is 3.93.